The summed E-state index contributed by atoms with van der Waals surface area (Å²) >= 11 is 0. The lowest BCUT2D eigenvalue weighted by atomic mass is 10.1. The zero-order valence-electron chi connectivity index (χ0n) is 10.1. The van der Waals surface area contributed by atoms with E-state index in [0.29, 0.717) is 17.8 Å². The minimum atomic E-state index is -0.115. The molecule has 96 valence electrons. The molecule has 2 heterocycles. The second-order valence-electron chi connectivity index (χ2n) is 4.16. The largest absolute Gasteiger partial charge is 0.467 e. The van der Waals surface area contributed by atoms with E-state index in [0.717, 1.165) is 11.1 Å². The Bertz CT molecular complexity index is 686. The number of para-hydroxylation sites is 1. The van der Waals surface area contributed by atoms with Crippen molar-refractivity contribution in [3.05, 3.63) is 54.1 Å². The van der Waals surface area contributed by atoms with Gasteiger partial charge < -0.3 is 14.3 Å². The highest BCUT2D eigenvalue weighted by Crippen LogP contribution is 2.17. The summed E-state index contributed by atoms with van der Waals surface area (Å²) < 4.78 is 10.3. The quantitative estimate of drug-likeness (QED) is 0.777. The van der Waals surface area contributed by atoms with E-state index in [2.05, 4.69) is 10.5 Å². The number of rotatable bonds is 4. The molecule has 0 radical (unpaired) electrons. The number of aromatic nitrogens is 1. The highest BCUT2D eigenvalue weighted by atomic mass is 16.5. The van der Waals surface area contributed by atoms with E-state index in [9.17, 15) is 4.79 Å². The summed E-state index contributed by atoms with van der Waals surface area (Å²) in [6.45, 7) is 0.377. The van der Waals surface area contributed by atoms with E-state index in [1.54, 1.807) is 12.3 Å². The van der Waals surface area contributed by atoms with Crippen molar-refractivity contribution in [1.29, 1.82) is 0 Å². The number of benzene rings is 1. The van der Waals surface area contributed by atoms with Crippen LogP contribution in [0.3, 0.4) is 0 Å². The normalized spacial score (nSPS) is 10.7. The Morgan fingerprint density at radius 1 is 1.21 bits per heavy atom. The molecule has 19 heavy (non-hydrogen) atoms. The van der Waals surface area contributed by atoms with E-state index in [4.69, 9.17) is 8.94 Å². The smallest absolute Gasteiger partial charge is 0.226 e. The first kappa shape index (κ1) is 11.5. The van der Waals surface area contributed by atoms with Gasteiger partial charge in [-0.3, -0.25) is 4.79 Å². The van der Waals surface area contributed by atoms with Gasteiger partial charge in [0, 0.05) is 5.39 Å². The number of fused-ring (bicyclic) bond motifs is 1. The molecule has 0 fully saturated rings. The summed E-state index contributed by atoms with van der Waals surface area (Å²) in [5, 5.41) is 7.57. The number of furan rings is 1. The summed E-state index contributed by atoms with van der Waals surface area (Å²) in [5.74, 6) is 0.605. The lowest BCUT2D eigenvalue weighted by molar-refractivity contribution is -0.120. The molecule has 0 saturated heterocycles. The van der Waals surface area contributed by atoms with Crippen LogP contribution in [0.5, 0.6) is 0 Å². The molecule has 3 aromatic rings. The van der Waals surface area contributed by atoms with Crippen molar-refractivity contribution in [3.8, 4) is 0 Å². The van der Waals surface area contributed by atoms with Gasteiger partial charge in [-0.05, 0) is 24.3 Å². The lowest BCUT2D eigenvalue weighted by Gasteiger charge is -2.01. The summed E-state index contributed by atoms with van der Waals surface area (Å²) in [6, 6.07) is 11.1. The molecule has 0 aliphatic heterocycles. The maximum atomic E-state index is 11.8. The van der Waals surface area contributed by atoms with Crippen LogP contribution in [0.1, 0.15) is 11.5 Å². The van der Waals surface area contributed by atoms with Crippen LogP contribution >= 0.6 is 0 Å². The molecule has 0 saturated carbocycles. The van der Waals surface area contributed by atoms with Crippen LogP contribution in [0.2, 0.25) is 0 Å². The highest BCUT2D eigenvalue weighted by Gasteiger charge is 2.11. The molecule has 1 N–H and O–H groups in total. The van der Waals surface area contributed by atoms with Gasteiger partial charge in [0.15, 0.2) is 5.58 Å². The van der Waals surface area contributed by atoms with E-state index in [1.165, 1.54) is 0 Å². The maximum absolute atomic E-state index is 11.8. The Balaban J connectivity index is 1.66. The maximum Gasteiger partial charge on any atom is 0.226 e. The molecule has 0 atom stereocenters. The molecule has 2 aromatic heterocycles. The van der Waals surface area contributed by atoms with Crippen LogP contribution in [0.4, 0.5) is 0 Å². The lowest BCUT2D eigenvalue weighted by Crippen LogP contribution is -2.24. The van der Waals surface area contributed by atoms with E-state index in [-0.39, 0.29) is 12.3 Å². The molecule has 1 aromatic carbocycles. The molecule has 0 spiro atoms. The molecule has 0 aliphatic rings. The molecular weight excluding hydrogens is 244 g/mol. The highest BCUT2D eigenvalue weighted by molar-refractivity contribution is 5.86. The Morgan fingerprint density at radius 3 is 2.95 bits per heavy atom. The average molecular weight is 256 g/mol. The van der Waals surface area contributed by atoms with Gasteiger partial charge in [-0.2, -0.15) is 0 Å². The summed E-state index contributed by atoms with van der Waals surface area (Å²) in [7, 11) is 0. The summed E-state index contributed by atoms with van der Waals surface area (Å²) in [4.78, 5) is 11.8. The first-order valence-corrected chi connectivity index (χ1v) is 5.95. The van der Waals surface area contributed by atoms with Gasteiger partial charge in [-0.25, -0.2) is 0 Å². The third-order valence-electron chi connectivity index (χ3n) is 2.82. The molecule has 5 nitrogen and oxygen atoms in total. The Kier molecular flexibility index (Phi) is 3.02. The molecular formula is C14H12N2O3. The number of carbonyl (C=O) groups excluding carboxylic acids is 1. The molecule has 0 bridgehead atoms. The van der Waals surface area contributed by atoms with E-state index >= 15 is 0 Å². The molecule has 1 amide bonds. The first-order valence-electron chi connectivity index (χ1n) is 5.95. The van der Waals surface area contributed by atoms with Gasteiger partial charge >= 0.3 is 0 Å². The number of nitrogens with one attached hydrogen (secondary N) is 1. The topological polar surface area (TPSA) is 68.3 Å². The summed E-state index contributed by atoms with van der Waals surface area (Å²) in [6.07, 6.45) is 1.77. The van der Waals surface area contributed by atoms with Gasteiger partial charge in [0.2, 0.25) is 5.91 Å². The fraction of sp³-hybridized carbons (Fsp3) is 0.143. The van der Waals surface area contributed by atoms with Crippen molar-refractivity contribution >= 4 is 16.9 Å². The number of hydrogen-bond acceptors (Lipinski definition) is 4. The molecule has 0 aliphatic carbocycles. The van der Waals surface area contributed by atoms with Crippen molar-refractivity contribution < 1.29 is 13.7 Å². The fourth-order valence-corrected chi connectivity index (χ4v) is 1.88. The van der Waals surface area contributed by atoms with Crippen LogP contribution in [0.15, 0.2) is 51.6 Å². The van der Waals surface area contributed by atoms with Gasteiger partial charge in [-0.1, -0.05) is 17.3 Å². The van der Waals surface area contributed by atoms with Crippen molar-refractivity contribution in [3.63, 3.8) is 0 Å². The predicted octanol–water partition coefficient (Wildman–Crippen LogP) is 2.28. The standard InChI is InChI=1S/C14H12N2O3/c17-14(15-9-10-4-3-7-18-10)8-12-11-5-1-2-6-13(11)19-16-12/h1-7H,8-9H2,(H,15,17). The fourth-order valence-electron chi connectivity index (χ4n) is 1.88. The van der Waals surface area contributed by atoms with Crippen LogP contribution in [-0.2, 0) is 17.8 Å². The van der Waals surface area contributed by atoms with E-state index < -0.39 is 0 Å². The number of carbonyl (C=O) groups is 1. The molecule has 0 unspecified atom stereocenters. The van der Waals surface area contributed by atoms with Crippen molar-refractivity contribution in [2.24, 2.45) is 0 Å². The van der Waals surface area contributed by atoms with Gasteiger partial charge in [0.25, 0.3) is 0 Å². The van der Waals surface area contributed by atoms with E-state index in [1.807, 2.05) is 30.3 Å². The monoisotopic (exact) mass is 256 g/mol. The number of amides is 1. The van der Waals surface area contributed by atoms with Crippen LogP contribution in [-0.4, -0.2) is 11.1 Å². The van der Waals surface area contributed by atoms with Crippen LogP contribution < -0.4 is 5.32 Å². The van der Waals surface area contributed by atoms with Crippen LogP contribution in [0, 0.1) is 0 Å². The van der Waals surface area contributed by atoms with Crippen LogP contribution in [0.25, 0.3) is 11.0 Å². The van der Waals surface area contributed by atoms with Crippen molar-refractivity contribution in [1.82, 2.24) is 10.5 Å². The Morgan fingerprint density at radius 2 is 2.11 bits per heavy atom. The zero-order valence-corrected chi connectivity index (χ0v) is 10.1. The second-order valence-corrected chi connectivity index (χ2v) is 4.16. The summed E-state index contributed by atoms with van der Waals surface area (Å²) in [5.41, 5.74) is 1.34. The predicted molar refractivity (Wildman–Crippen MR) is 68.3 cm³/mol. The minimum absolute atomic E-state index is 0.115. The molecule has 3 rings (SSSR count). The van der Waals surface area contributed by atoms with Crippen molar-refractivity contribution in [2.75, 3.05) is 0 Å². The third kappa shape index (κ3) is 2.49. The minimum Gasteiger partial charge on any atom is -0.467 e. The number of nitrogens with zero attached hydrogens (tertiary/aromatic N) is 1. The second kappa shape index (κ2) is 4.97. The van der Waals surface area contributed by atoms with Gasteiger partial charge in [0.05, 0.1) is 19.2 Å². The van der Waals surface area contributed by atoms with Crippen molar-refractivity contribution in [2.45, 2.75) is 13.0 Å². The first-order chi connectivity index (χ1) is 9.33. The number of hydrogen-bond donors (Lipinski definition) is 1. The van der Waals surface area contributed by atoms with Gasteiger partial charge in [0.1, 0.15) is 11.5 Å². The average Bonchev–Trinajstić information content (AvgIpc) is 3.07. The van der Waals surface area contributed by atoms with Gasteiger partial charge in [-0.15, -0.1) is 0 Å². The third-order valence-corrected chi connectivity index (χ3v) is 2.82. The Hall–Kier alpha value is -2.56. The SMILES string of the molecule is O=C(Cc1noc2ccccc12)NCc1ccco1. The molecule has 5 heteroatoms. The zero-order chi connectivity index (χ0) is 13.1. The Labute approximate surface area is 109 Å².